The average Bonchev–Trinajstić information content (AvgIpc) is 3.12. The summed E-state index contributed by atoms with van der Waals surface area (Å²) in [7, 11) is 1.00. The van der Waals surface area contributed by atoms with Crippen molar-refractivity contribution >= 4 is 10.9 Å². The minimum absolute atomic E-state index is 0.0487. The number of pyridine rings is 2. The number of aromatic nitrogens is 2. The molecule has 2 aliphatic rings. The summed E-state index contributed by atoms with van der Waals surface area (Å²) < 4.78 is 7.52. The molecule has 1 atom stereocenters. The zero-order valence-electron chi connectivity index (χ0n) is 17.0. The van der Waals surface area contributed by atoms with Crippen LogP contribution < -0.4 is 5.56 Å². The maximum atomic E-state index is 13.2. The topological polar surface area (TPSA) is 84.6 Å². The first-order valence-corrected chi connectivity index (χ1v) is 10.1. The van der Waals surface area contributed by atoms with E-state index in [0.29, 0.717) is 19.8 Å². The summed E-state index contributed by atoms with van der Waals surface area (Å²) in [5.41, 5.74) is 6.91. The monoisotopic (exact) mass is 394 g/mol. The van der Waals surface area contributed by atoms with Gasteiger partial charge in [-0.1, -0.05) is 13.8 Å². The quantitative estimate of drug-likeness (QED) is 0.545. The van der Waals surface area contributed by atoms with Crippen molar-refractivity contribution in [1.82, 2.24) is 9.55 Å². The summed E-state index contributed by atoms with van der Waals surface area (Å²) in [6.07, 6.45) is 1.78. The Hall–Kier alpha value is -2.70. The van der Waals surface area contributed by atoms with Crippen LogP contribution in [0, 0.1) is 0 Å². The first-order valence-electron chi connectivity index (χ1n) is 10.1. The molecule has 152 valence electrons. The van der Waals surface area contributed by atoms with Crippen molar-refractivity contribution in [2.24, 2.45) is 0 Å². The SMILES string of the molecule is CCc1c2c(nc3ccc(O)cc13)-c1cc3c(c(=O)n1C2)COCC3CC.CO. The summed E-state index contributed by atoms with van der Waals surface area (Å²) in [6.45, 7) is 5.84. The van der Waals surface area contributed by atoms with Gasteiger partial charge in [0.15, 0.2) is 0 Å². The number of rotatable bonds is 2. The Kier molecular flexibility index (Phi) is 5.15. The molecule has 6 nitrogen and oxygen atoms in total. The van der Waals surface area contributed by atoms with Gasteiger partial charge >= 0.3 is 0 Å². The number of aliphatic hydroxyl groups is 1. The second-order valence-corrected chi connectivity index (χ2v) is 7.45. The molecule has 0 aliphatic carbocycles. The number of aromatic hydroxyl groups is 1. The zero-order chi connectivity index (χ0) is 20.7. The van der Waals surface area contributed by atoms with E-state index in [1.807, 2.05) is 10.6 Å². The molecule has 4 heterocycles. The van der Waals surface area contributed by atoms with E-state index in [4.69, 9.17) is 14.8 Å². The van der Waals surface area contributed by atoms with E-state index in [-0.39, 0.29) is 17.2 Å². The summed E-state index contributed by atoms with van der Waals surface area (Å²) in [4.78, 5) is 18.1. The van der Waals surface area contributed by atoms with Gasteiger partial charge in [0.1, 0.15) is 5.75 Å². The molecule has 0 radical (unpaired) electrons. The number of hydrogen-bond donors (Lipinski definition) is 2. The van der Waals surface area contributed by atoms with E-state index in [9.17, 15) is 9.90 Å². The van der Waals surface area contributed by atoms with Crippen LogP contribution in [-0.2, 0) is 24.3 Å². The van der Waals surface area contributed by atoms with Crippen molar-refractivity contribution < 1.29 is 14.9 Å². The lowest BCUT2D eigenvalue weighted by Crippen LogP contribution is -2.30. The maximum Gasteiger partial charge on any atom is 0.257 e. The number of ether oxygens (including phenoxy) is 1. The van der Waals surface area contributed by atoms with Gasteiger partial charge in [0.25, 0.3) is 5.56 Å². The average molecular weight is 394 g/mol. The van der Waals surface area contributed by atoms with Gasteiger partial charge in [0.05, 0.1) is 36.7 Å². The van der Waals surface area contributed by atoms with Crippen LogP contribution in [0.1, 0.15) is 48.4 Å². The molecule has 3 aromatic rings. The molecule has 6 heteroatoms. The van der Waals surface area contributed by atoms with Crippen molar-refractivity contribution in [3.05, 3.63) is 56.9 Å². The number of benzene rings is 1. The van der Waals surface area contributed by atoms with E-state index in [1.165, 1.54) is 0 Å². The highest BCUT2D eigenvalue weighted by Crippen LogP contribution is 2.39. The molecule has 2 aromatic heterocycles. The Morgan fingerprint density at radius 3 is 2.72 bits per heavy atom. The van der Waals surface area contributed by atoms with E-state index < -0.39 is 0 Å². The van der Waals surface area contributed by atoms with Crippen molar-refractivity contribution in [2.75, 3.05) is 13.7 Å². The minimum Gasteiger partial charge on any atom is -0.508 e. The summed E-state index contributed by atoms with van der Waals surface area (Å²) in [5, 5.41) is 17.9. The number of aryl methyl sites for hydroxylation is 1. The second kappa shape index (κ2) is 7.61. The van der Waals surface area contributed by atoms with Crippen LogP contribution in [-0.4, -0.2) is 33.5 Å². The Labute approximate surface area is 169 Å². The second-order valence-electron chi connectivity index (χ2n) is 7.45. The lowest BCUT2D eigenvalue weighted by atomic mass is 9.91. The van der Waals surface area contributed by atoms with Gasteiger partial charge in [-0.15, -0.1) is 0 Å². The summed E-state index contributed by atoms with van der Waals surface area (Å²) >= 11 is 0. The summed E-state index contributed by atoms with van der Waals surface area (Å²) in [5.74, 6) is 0.504. The van der Waals surface area contributed by atoms with Crippen molar-refractivity contribution in [3.63, 3.8) is 0 Å². The molecule has 2 N–H and O–H groups in total. The number of fused-ring (bicyclic) bond motifs is 5. The predicted molar refractivity (Wildman–Crippen MR) is 112 cm³/mol. The smallest absolute Gasteiger partial charge is 0.257 e. The van der Waals surface area contributed by atoms with Gasteiger partial charge in [-0.05, 0) is 48.2 Å². The molecule has 5 rings (SSSR count). The van der Waals surface area contributed by atoms with Gasteiger partial charge in [0, 0.05) is 29.5 Å². The van der Waals surface area contributed by atoms with Crippen LogP contribution in [0.5, 0.6) is 5.75 Å². The lowest BCUT2D eigenvalue weighted by Gasteiger charge is -2.25. The van der Waals surface area contributed by atoms with Crippen LogP contribution in [0.3, 0.4) is 0 Å². The van der Waals surface area contributed by atoms with Crippen molar-refractivity contribution in [3.8, 4) is 17.1 Å². The fraction of sp³-hybridized carbons (Fsp3) is 0.391. The molecule has 1 aromatic carbocycles. The number of nitrogens with zero attached hydrogens (tertiary/aromatic N) is 2. The fourth-order valence-electron chi connectivity index (χ4n) is 4.60. The molecule has 0 saturated heterocycles. The molecular weight excluding hydrogens is 368 g/mol. The third kappa shape index (κ3) is 2.94. The van der Waals surface area contributed by atoms with Gasteiger partial charge in [0.2, 0.25) is 0 Å². The number of hydrogen-bond acceptors (Lipinski definition) is 5. The molecular formula is C23H26N2O4. The zero-order valence-corrected chi connectivity index (χ0v) is 17.0. The number of phenols is 1. The first-order chi connectivity index (χ1) is 14.1. The third-order valence-electron chi connectivity index (χ3n) is 6.03. The van der Waals surface area contributed by atoms with Crippen molar-refractivity contribution in [2.45, 2.75) is 45.8 Å². The normalized spacial score (nSPS) is 16.6. The standard InChI is InChI=1S/C22H22N2O3.CH4O/c1-3-12-10-27-11-18-15(12)8-20-21-17(9-24(20)22(18)26)14(4-2)16-7-13(25)5-6-19(16)23-21;1-2/h5-8,12,25H,3-4,9-11H2,1-2H3;2H,1H3. The van der Waals surface area contributed by atoms with Crippen LogP contribution in [0.15, 0.2) is 29.1 Å². The molecule has 0 spiro atoms. The van der Waals surface area contributed by atoms with E-state index >= 15 is 0 Å². The van der Waals surface area contributed by atoms with Gasteiger partial charge in [-0.25, -0.2) is 4.98 Å². The number of phenolic OH excluding ortho intramolecular Hbond substituents is 1. The van der Waals surface area contributed by atoms with E-state index in [2.05, 4.69) is 19.9 Å². The molecule has 0 fully saturated rings. The number of aliphatic hydroxyl groups excluding tert-OH is 1. The summed E-state index contributed by atoms with van der Waals surface area (Å²) in [6, 6.07) is 7.46. The van der Waals surface area contributed by atoms with E-state index in [0.717, 1.165) is 64.5 Å². The van der Waals surface area contributed by atoms with Crippen LogP contribution in [0.4, 0.5) is 0 Å². The highest BCUT2D eigenvalue weighted by molar-refractivity contribution is 5.89. The maximum absolute atomic E-state index is 13.2. The Morgan fingerprint density at radius 2 is 2.00 bits per heavy atom. The molecule has 29 heavy (non-hydrogen) atoms. The van der Waals surface area contributed by atoms with E-state index in [1.54, 1.807) is 12.1 Å². The Bertz CT molecular complexity index is 1150. The Balaban J connectivity index is 0.000000994. The molecule has 0 bridgehead atoms. The lowest BCUT2D eigenvalue weighted by molar-refractivity contribution is 0.0885. The van der Waals surface area contributed by atoms with Gasteiger partial charge in [-0.3, -0.25) is 4.79 Å². The van der Waals surface area contributed by atoms with Crippen LogP contribution >= 0.6 is 0 Å². The molecule has 0 amide bonds. The van der Waals surface area contributed by atoms with Crippen LogP contribution in [0.25, 0.3) is 22.3 Å². The van der Waals surface area contributed by atoms with Gasteiger partial charge < -0.3 is 19.5 Å². The van der Waals surface area contributed by atoms with Gasteiger partial charge in [-0.2, -0.15) is 0 Å². The minimum atomic E-state index is 0.0487. The largest absolute Gasteiger partial charge is 0.508 e. The fourth-order valence-corrected chi connectivity index (χ4v) is 4.60. The van der Waals surface area contributed by atoms with Crippen LogP contribution in [0.2, 0.25) is 0 Å². The highest BCUT2D eigenvalue weighted by atomic mass is 16.5. The highest BCUT2D eigenvalue weighted by Gasteiger charge is 2.30. The molecule has 1 unspecified atom stereocenters. The Morgan fingerprint density at radius 1 is 1.21 bits per heavy atom. The third-order valence-corrected chi connectivity index (χ3v) is 6.03. The molecule has 2 aliphatic heterocycles. The van der Waals surface area contributed by atoms with Crippen molar-refractivity contribution in [1.29, 1.82) is 0 Å². The first kappa shape index (κ1) is 19.6. The predicted octanol–water partition coefficient (Wildman–Crippen LogP) is 3.33. The molecule has 0 saturated carbocycles.